The molecule has 0 spiro atoms. The summed E-state index contributed by atoms with van der Waals surface area (Å²) in [4.78, 5) is 0. The number of para-hydroxylation sites is 1. The molecule has 0 bridgehead atoms. The van der Waals surface area contributed by atoms with Crippen molar-refractivity contribution in [2.45, 2.75) is 57.2 Å². The zero-order chi connectivity index (χ0) is 15.2. The lowest BCUT2D eigenvalue weighted by Gasteiger charge is -2.23. The molecule has 1 saturated heterocycles. The predicted octanol–water partition coefficient (Wildman–Crippen LogP) is 2.47. The van der Waals surface area contributed by atoms with Crippen molar-refractivity contribution in [3.8, 4) is 5.75 Å². The summed E-state index contributed by atoms with van der Waals surface area (Å²) >= 11 is 0. The molecule has 1 saturated carbocycles. The van der Waals surface area contributed by atoms with Crippen LogP contribution in [0.4, 0.5) is 0 Å². The van der Waals surface area contributed by atoms with E-state index in [0.717, 1.165) is 18.2 Å². The monoisotopic (exact) mass is 303 g/mol. The van der Waals surface area contributed by atoms with Crippen LogP contribution < -0.4 is 20.9 Å². The second-order valence-electron chi connectivity index (χ2n) is 6.74. The van der Waals surface area contributed by atoms with Crippen molar-refractivity contribution in [3.05, 3.63) is 30.3 Å². The largest absolute Gasteiger partial charge is 0.492 e. The second-order valence-corrected chi connectivity index (χ2v) is 6.74. The van der Waals surface area contributed by atoms with Crippen LogP contribution in [0.15, 0.2) is 30.3 Å². The lowest BCUT2D eigenvalue weighted by molar-refractivity contribution is 0.263. The quantitative estimate of drug-likeness (QED) is 0.755. The van der Waals surface area contributed by atoms with Gasteiger partial charge >= 0.3 is 0 Å². The Labute approximate surface area is 134 Å². The molecule has 22 heavy (non-hydrogen) atoms. The fourth-order valence-electron chi connectivity index (χ4n) is 3.65. The van der Waals surface area contributed by atoms with Crippen LogP contribution in [-0.4, -0.2) is 31.3 Å². The first kappa shape index (κ1) is 15.8. The Morgan fingerprint density at radius 3 is 2.82 bits per heavy atom. The number of hydrogen-bond acceptors (Lipinski definition) is 4. The van der Waals surface area contributed by atoms with Crippen LogP contribution in [0.5, 0.6) is 5.75 Å². The van der Waals surface area contributed by atoms with Gasteiger partial charge in [0.05, 0.1) is 0 Å². The molecular weight excluding hydrogens is 274 g/mol. The van der Waals surface area contributed by atoms with Crippen LogP contribution in [-0.2, 0) is 0 Å². The van der Waals surface area contributed by atoms with E-state index in [2.05, 4.69) is 23.1 Å². The highest BCUT2D eigenvalue weighted by Crippen LogP contribution is 2.28. The zero-order valence-corrected chi connectivity index (χ0v) is 13.6. The van der Waals surface area contributed by atoms with E-state index in [1.807, 2.05) is 30.3 Å². The molecule has 1 aliphatic carbocycles. The van der Waals surface area contributed by atoms with Gasteiger partial charge in [-0.1, -0.05) is 37.5 Å². The van der Waals surface area contributed by atoms with Crippen molar-refractivity contribution in [2.75, 3.05) is 13.2 Å². The molecule has 0 aromatic heterocycles. The van der Waals surface area contributed by atoms with Gasteiger partial charge in [0.15, 0.2) is 0 Å². The molecule has 3 N–H and O–H groups in total. The highest BCUT2D eigenvalue weighted by Gasteiger charge is 2.35. The summed E-state index contributed by atoms with van der Waals surface area (Å²) in [5, 5.41) is 3.62. The Morgan fingerprint density at radius 2 is 1.95 bits per heavy atom. The van der Waals surface area contributed by atoms with Gasteiger partial charge in [0.1, 0.15) is 12.4 Å². The zero-order valence-electron chi connectivity index (χ0n) is 13.6. The van der Waals surface area contributed by atoms with E-state index >= 15 is 0 Å². The maximum atomic E-state index is 5.81. The molecule has 0 radical (unpaired) electrons. The Morgan fingerprint density at radius 1 is 1.14 bits per heavy atom. The van der Waals surface area contributed by atoms with E-state index in [9.17, 15) is 0 Å². The van der Waals surface area contributed by atoms with Gasteiger partial charge in [-0.2, -0.15) is 0 Å². The maximum Gasteiger partial charge on any atom is 0.119 e. The van der Waals surface area contributed by atoms with Crippen LogP contribution in [0.1, 0.15) is 39.0 Å². The highest BCUT2D eigenvalue weighted by atomic mass is 16.5. The fourth-order valence-corrected chi connectivity index (χ4v) is 3.65. The molecule has 4 nitrogen and oxygen atoms in total. The van der Waals surface area contributed by atoms with E-state index < -0.39 is 0 Å². The van der Waals surface area contributed by atoms with Crippen LogP contribution >= 0.6 is 0 Å². The number of hydrogen-bond donors (Lipinski definition) is 3. The van der Waals surface area contributed by atoms with Crippen molar-refractivity contribution in [2.24, 2.45) is 5.92 Å². The van der Waals surface area contributed by atoms with Gasteiger partial charge in [-0.25, -0.2) is 0 Å². The minimum atomic E-state index is 0.354. The molecular formula is C18H29N3O. The summed E-state index contributed by atoms with van der Waals surface area (Å²) in [6.07, 6.45) is 6.83. The van der Waals surface area contributed by atoms with Gasteiger partial charge in [-0.3, -0.25) is 10.9 Å². The van der Waals surface area contributed by atoms with Crippen molar-refractivity contribution in [1.29, 1.82) is 0 Å². The van der Waals surface area contributed by atoms with Gasteiger partial charge in [-0.15, -0.1) is 0 Å². The topological polar surface area (TPSA) is 45.3 Å². The van der Waals surface area contributed by atoms with Gasteiger partial charge < -0.3 is 10.1 Å². The number of nitrogens with one attached hydrogen (secondary N) is 3. The molecule has 1 heterocycles. The first-order valence-electron chi connectivity index (χ1n) is 8.75. The Balaban J connectivity index is 1.40. The highest BCUT2D eigenvalue weighted by molar-refractivity contribution is 5.20. The number of ether oxygens (including phenoxy) is 1. The van der Waals surface area contributed by atoms with Crippen molar-refractivity contribution >= 4 is 0 Å². The van der Waals surface area contributed by atoms with Gasteiger partial charge in [-0.05, 0) is 37.8 Å². The average Bonchev–Trinajstić information content (AvgIpc) is 2.78. The SMILES string of the molecule is CC(COc1ccccc1)NCC1NNC2CCCCCC21. The summed E-state index contributed by atoms with van der Waals surface area (Å²) in [6, 6.07) is 11.6. The molecule has 1 aromatic carbocycles. The summed E-state index contributed by atoms with van der Waals surface area (Å²) in [5.41, 5.74) is 7.01. The van der Waals surface area contributed by atoms with Crippen LogP contribution in [0.2, 0.25) is 0 Å². The third kappa shape index (κ3) is 4.22. The number of hydrazine groups is 1. The van der Waals surface area contributed by atoms with E-state index in [4.69, 9.17) is 4.74 Å². The maximum absolute atomic E-state index is 5.81. The third-order valence-corrected chi connectivity index (χ3v) is 4.97. The molecule has 2 fully saturated rings. The minimum Gasteiger partial charge on any atom is -0.492 e. The normalized spacial score (nSPS) is 29.6. The number of rotatable bonds is 6. The van der Waals surface area contributed by atoms with Gasteiger partial charge in [0.2, 0.25) is 0 Å². The van der Waals surface area contributed by atoms with E-state index in [-0.39, 0.29) is 0 Å². The first-order valence-corrected chi connectivity index (χ1v) is 8.75. The summed E-state index contributed by atoms with van der Waals surface area (Å²) in [5.74, 6) is 1.72. The number of fused-ring (bicyclic) bond motifs is 1. The Hall–Kier alpha value is -1.10. The Bertz CT molecular complexity index is 439. The molecule has 4 unspecified atom stereocenters. The van der Waals surface area contributed by atoms with Crippen molar-refractivity contribution < 1.29 is 4.74 Å². The molecule has 2 aliphatic rings. The summed E-state index contributed by atoms with van der Waals surface area (Å²) in [6.45, 7) is 3.90. The minimum absolute atomic E-state index is 0.354. The fraction of sp³-hybridized carbons (Fsp3) is 0.667. The van der Waals surface area contributed by atoms with Crippen molar-refractivity contribution in [3.63, 3.8) is 0 Å². The molecule has 1 aromatic rings. The number of benzene rings is 1. The molecule has 1 aliphatic heterocycles. The standard InChI is InChI=1S/C18H29N3O/c1-14(13-22-15-8-4-2-5-9-15)19-12-18-16-10-6-3-7-11-17(16)20-21-18/h2,4-5,8-9,14,16-21H,3,6-7,10-13H2,1H3. The molecule has 122 valence electrons. The average molecular weight is 303 g/mol. The van der Waals surface area contributed by atoms with Gasteiger partial charge in [0.25, 0.3) is 0 Å². The molecule has 4 atom stereocenters. The molecule has 4 heteroatoms. The van der Waals surface area contributed by atoms with Crippen molar-refractivity contribution in [1.82, 2.24) is 16.2 Å². The Kier molecular flexibility index (Phi) is 5.70. The first-order chi connectivity index (χ1) is 10.8. The molecule has 0 amide bonds. The lowest BCUT2D eigenvalue weighted by Crippen LogP contribution is -2.44. The van der Waals surface area contributed by atoms with Crippen LogP contribution in [0.3, 0.4) is 0 Å². The third-order valence-electron chi connectivity index (χ3n) is 4.97. The molecule has 3 rings (SSSR count). The van der Waals surface area contributed by atoms with E-state index in [1.54, 1.807) is 0 Å². The van der Waals surface area contributed by atoms with Crippen LogP contribution in [0, 0.1) is 5.92 Å². The van der Waals surface area contributed by atoms with Gasteiger partial charge in [0, 0.05) is 24.7 Å². The lowest BCUT2D eigenvalue weighted by atomic mass is 9.90. The van der Waals surface area contributed by atoms with E-state index in [0.29, 0.717) is 24.7 Å². The predicted molar refractivity (Wildman–Crippen MR) is 89.8 cm³/mol. The summed E-state index contributed by atoms with van der Waals surface area (Å²) in [7, 11) is 0. The van der Waals surface area contributed by atoms with E-state index in [1.165, 1.54) is 32.1 Å². The second kappa shape index (κ2) is 7.95. The summed E-state index contributed by atoms with van der Waals surface area (Å²) < 4.78 is 5.81. The smallest absolute Gasteiger partial charge is 0.119 e. The van der Waals surface area contributed by atoms with Crippen LogP contribution in [0.25, 0.3) is 0 Å².